The normalized spacial score (nSPS) is 25.4. The lowest BCUT2D eigenvalue weighted by Crippen LogP contribution is -2.39. The Labute approximate surface area is 97.7 Å². The van der Waals surface area contributed by atoms with Crippen molar-refractivity contribution in [1.82, 2.24) is 4.98 Å². The van der Waals surface area contributed by atoms with E-state index in [1.54, 1.807) is 0 Å². The molecule has 0 radical (unpaired) electrons. The molecule has 1 saturated carbocycles. The van der Waals surface area contributed by atoms with Crippen molar-refractivity contribution in [3.8, 4) is 0 Å². The van der Waals surface area contributed by atoms with Gasteiger partial charge in [0.05, 0.1) is 0 Å². The minimum atomic E-state index is 0.413. The van der Waals surface area contributed by atoms with Gasteiger partial charge < -0.3 is 10.6 Å². The fourth-order valence-corrected chi connectivity index (χ4v) is 2.34. The molecule has 1 aromatic heterocycles. The van der Waals surface area contributed by atoms with Crippen LogP contribution in [0.15, 0.2) is 18.3 Å². The molecule has 2 rings (SSSR count). The molecule has 0 aromatic carbocycles. The van der Waals surface area contributed by atoms with Crippen molar-refractivity contribution >= 4 is 5.82 Å². The highest BCUT2D eigenvalue weighted by Crippen LogP contribution is 2.24. The summed E-state index contributed by atoms with van der Waals surface area (Å²) >= 11 is 0. The van der Waals surface area contributed by atoms with Gasteiger partial charge in [-0.3, -0.25) is 0 Å². The second-order valence-corrected chi connectivity index (χ2v) is 4.87. The fourth-order valence-electron chi connectivity index (χ4n) is 2.34. The third kappa shape index (κ3) is 2.53. The molecule has 1 heterocycles. The first kappa shape index (κ1) is 11.4. The molecule has 1 fully saturated rings. The average molecular weight is 219 g/mol. The Morgan fingerprint density at radius 3 is 2.50 bits per heavy atom. The van der Waals surface area contributed by atoms with Crippen molar-refractivity contribution in [3.63, 3.8) is 0 Å². The number of nitrogens with zero attached hydrogens (tertiary/aromatic N) is 2. The van der Waals surface area contributed by atoms with Crippen LogP contribution in [0.3, 0.4) is 0 Å². The summed E-state index contributed by atoms with van der Waals surface area (Å²) in [5.74, 6) is 1.08. The van der Waals surface area contributed by atoms with E-state index >= 15 is 0 Å². The maximum absolute atomic E-state index is 5.92. The number of aromatic nitrogens is 1. The highest BCUT2D eigenvalue weighted by atomic mass is 15.2. The second kappa shape index (κ2) is 4.83. The summed E-state index contributed by atoms with van der Waals surface area (Å²) in [5, 5.41) is 0. The Hall–Kier alpha value is -1.09. The van der Waals surface area contributed by atoms with Gasteiger partial charge in [-0.2, -0.15) is 0 Å². The minimum Gasteiger partial charge on any atom is -0.357 e. The summed E-state index contributed by atoms with van der Waals surface area (Å²) in [4.78, 5) is 6.76. The summed E-state index contributed by atoms with van der Waals surface area (Å²) in [5.41, 5.74) is 7.13. The molecular formula is C13H21N3. The molecule has 16 heavy (non-hydrogen) atoms. The SMILES string of the molecule is Cc1ccc(N(C)C2CCC(N)CC2)nc1. The largest absolute Gasteiger partial charge is 0.357 e. The van der Waals surface area contributed by atoms with Crippen LogP contribution in [-0.2, 0) is 0 Å². The number of hydrogen-bond donors (Lipinski definition) is 1. The van der Waals surface area contributed by atoms with E-state index in [-0.39, 0.29) is 0 Å². The third-order valence-corrected chi connectivity index (χ3v) is 3.55. The van der Waals surface area contributed by atoms with Gasteiger partial charge in [0.1, 0.15) is 5.82 Å². The lowest BCUT2D eigenvalue weighted by molar-refractivity contribution is 0.384. The number of aryl methyl sites for hydroxylation is 1. The van der Waals surface area contributed by atoms with E-state index in [1.807, 2.05) is 6.20 Å². The van der Waals surface area contributed by atoms with Crippen LogP contribution in [0.25, 0.3) is 0 Å². The van der Waals surface area contributed by atoms with Gasteiger partial charge in [0.15, 0.2) is 0 Å². The quantitative estimate of drug-likeness (QED) is 0.828. The molecule has 0 aliphatic heterocycles. The summed E-state index contributed by atoms with van der Waals surface area (Å²) in [6.07, 6.45) is 6.59. The number of anilines is 1. The van der Waals surface area contributed by atoms with E-state index in [9.17, 15) is 0 Å². The van der Waals surface area contributed by atoms with Crippen LogP contribution in [0.1, 0.15) is 31.2 Å². The van der Waals surface area contributed by atoms with Gasteiger partial charge in [0.25, 0.3) is 0 Å². The van der Waals surface area contributed by atoms with E-state index in [0.29, 0.717) is 12.1 Å². The molecule has 0 saturated heterocycles. The van der Waals surface area contributed by atoms with E-state index < -0.39 is 0 Å². The Morgan fingerprint density at radius 1 is 1.25 bits per heavy atom. The van der Waals surface area contributed by atoms with Crippen LogP contribution in [0.2, 0.25) is 0 Å². The Bertz CT molecular complexity index is 326. The maximum Gasteiger partial charge on any atom is 0.128 e. The molecule has 3 heteroatoms. The lowest BCUT2D eigenvalue weighted by atomic mass is 9.91. The molecule has 0 atom stereocenters. The first-order valence-electron chi connectivity index (χ1n) is 6.08. The first-order valence-corrected chi connectivity index (χ1v) is 6.08. The van der Waals surface area contributed by atoms with Crippen molar-refractivity contribution < 1.29 is 0 Å². The predicted molar refractivity (Wildman–Crippen MR) is 67.6 cm³/mol. The van der Waals surface area contributed by atoms with Gasteiger partial charge in [0.2, 0.25) is 0 Å². The smallest absolute Gasteiger partial charge is 0.128 e. The summed E-state index contributed by atoms with van der Waals surface area (Å²) in [6, 6.07) is 5.24. The minimum absolute atomic E-state index is 0.413. The van der Waals surface area contributed by atoms with Crippen LogP contribution in [0, 0.1) is 6.92 Å². The van der Waals surface area contributed by atoms with Gasteiger partial charge in [-0.1, -0.05) is 6.07 Å². The van der Waals surface area contributed by atoms with Crippen LogP contribution in [-0.4, -0.2) is 24.1 Å². The van der Waals surface area contributed by atoms with Gasteiger partial charge in [-0.25, -0.2) is 4.98 Å². The molecule has 1 aromatic rings. The first-order chi connectivity index (χ1) is 7.66. The second-order valence-electron chi connectivity index (χ2n) is 4.87. The van der Waals surface area contributed by atoms with E-state index in [4.69, 9.17) is 5.73 Å². The van der Waals surface area contributed by atoms with Gasteiger partial charge in [-0.15, -0.1) is 0 Å². The molecule has 1 aliphatic carbocycles. The van der Waals surface area contributed by atoms with Crippen LogP contribution in [0.5, 0.6) is 0 Å². The molecule has 88 valence electrons. The zero-order valence-corrected chi connectivity index (χ0v) is 10.2. The van der Waals surface area contributed by atoms with Gasteiger partial charge in [-0.05, 0) is 44.2 Å². The third-order valence-electron chi connectivity index (χ3n) is 3.55. The Kier molecular flexibility index (Phi) is 3.44. The van der Waals surface area contributed by atoms with Crippen molar-refractivity contribution in [2.75, 3.05) is 11.9 Å². The van der Waals surface area contributed by atoms with Crippen LogP contribution < -0.4 is 10.6 Å². The Balaban J connectivity index is 2.01. The molecule has 2 N–H and O–H groups in total. The molecule has 3 nitrogen and oxygen atoms in total. The summed E-state index contributed by atoms with van der Waals surface area (Å²) < 4.78 is 0. The van der Waals surface area contributed by atoms with Gasteiger partial charge >= 0.3 is 0 Å². The average Bonchev–Trinajstić information content (AvgIpc) is 2.30. The highest BCUT2D eigenvalue weighted by molar-refractivity contribution is 5.39. The molecule has 0 bridgehead atoms. The fraction of sp³-hybridized carbons (Fsp3) is 0.615. The molecule has 0 amide bonds. The topological polar surface area (TPSA) is 42.1 Å². The standard InChI is InChI=1S/C13H21N3/c1-10-3-8-13(15-9-10)16(2)12-6-4-11(14)5-7-12/h3,8-9,11-12H,4-7,14H2,1-2H3. The summed E-state index contributed by atoms with van der Waals surface area (Å²) in [6.45, 7) is 2.07. The van der Waals surface area contributed by atoms with E-state index in [1.165, 1.54) is 18.4 Å². The molecule has 1 aliphatic rings. The van der Waals surface area contributed by atoms with E-state index in [2.05, 4.69) is 36.0 Å². The maximum atomic E-state index is 5.92. The summed E-state index contributed by atoms with van der Waals surface area (Å²) in [7, 11) is 2.14. The highest BCUT2D eigenvalue weighted by Gasteiger charge is 2.22. The number of hydrogen-bond acceptors (Lipinski definition) is 3. The number of nitrogens with two attached hydrogens (primary N) is 1. The van der Waals surface area contributed by atoms with Crippen LogP contribution >= 0.6 is 0 Å². The number of rotatable bonds is 2. The predicted octanol–water partition coefficient (Wildman–Crippen LogP) is 2.10. The monoisotopic (exact) mass is 219 g/mol. The number of pyridine rings is 1. The molecule has 0 spiro atoms. The molecular weight excluding hydrogens is 198 g/mol. The molecule has 0 unspecified atom stereocenters. The van der Waals surface area contributed by atoms with Crippen molar-refractivity contribution in [1.29, 1.82) is 0 Å². The van der Waals surface area contributed by atoms with Crippen molar-refractivity contribution in [2.45, 2.75) is 44.7 Å². The zero-order chi connectivity index (χ0) is 11.5. The van der Waals surface area contributed by atoms with E-state index in [0.717, 1.165) is 18.7 Å². The van der Waals surface area contributed by atoms with Crippen molar-refractivity contribution in [3.05, 3.63) is 23.9 Å². The van der Waals surface area contributed by atoms with Crippen LogP contribution in [0.4, 0.5) is 5.82 Å². The lowest BCUT2D eigenvalue weighted by Gasteiger charge is -2.34. The van der Waals surface area contributed by atoms with Crippen molar-refractivity contribution in [2.24, 2.45) is 5.73 Å². The van der Waals surface area contributed by atoms with Gasteiger partial charge in [0, 0.05) is 25.3 Å². The zero-order valence-electron chi connectivity index (χ0n) is 10.2. The Morgan fingerprint density at radius 2 is 1.94 bits per heavy atom.